The maximum absolute atomic E-state index is 12.1. The summed E-state index contributed by atoms with van der Waals surface area (Å²) in [7, 11) is 0. The molecule has 1 atom stereocenters. The summed E-state index contributed by atoms with van der Waals surface area (Å²) >= 11 is 0. The largest absolute Gasteiger partial charge is 0.322 e. The van der Waals surface area contributed by atoms with Crippen molar-refractivity contribution in [3.05, 3.63) is 59.9 Å². The standard InChI is InChI=1S/C16H19N3O/c1-3-18-12(2)14-5-4-6-15(11-14)19-16(20)13-7-9-17-10-8-13/h4-12,18H,3H2,1-2H3,(H,19,20). The number of hydrogen-bond donors (Lipinski definition) is 2. The molecule has 0 saturated heterocycles. The Hall–Kier alpha value is -2.20. The molecule has 2 aromatic rings. The summed E-state index contributed by atoms with van der Waals surface area (Å²) in [5.41, 5.74) is 2.55. The van der Waals surface area contributed by atoms with E-state index in [2.05, 4.69) is 35.5 Å². The highest BCUT2D eigenvalue weighted by Crippen LogP contribution is 2.17. The number of carbonyl (C=O) groups excluding carboxylic acids is 1. The van der Waals surface area contributed by atoms with Gasteiger partial charge in [0, 0.05) is 29.7 Å². The van der Waals surface area contributed by atoms with Crippen LogP contribution >= 0.6 is 0 Å². The summed E-state index contributed by atoms with van der Waals surface area (Å²) < 4.78 is 0. The second-order valence-electron chi connectivity index (χ2n) is 4.59. The molecule has 0 spiro atoms. The van der Waals surface area contributed by atoms with Crippen LogP contribution in [0.15, 0.2) is 48.8 Å². The average molecular weight is 269 g/mol. The highest BCUT2D eigenvalue weighted by Gasteiger charge is 2.08. The van der Waals surface area contributed by atoms with E-state index < -0.39 is 0 Å². The van der Waals surface area contributed by atoms with Crippen LogP contribution in [0.1, 0.15) is 35.8 Å². The van der Waals surface area contributed by atoms with Gasteiger partial charge in [-0.25, -0.2) is 0 Å². The van der Waals surface area contributed by atoms with Gasteiger partial charge in [0.25, 0.3) is 5.91 Å². The van der Waals surface area contributed by atoms with Gasteiger partial charge in [0.15, 0.2) is 0 Å². The molecule has 0 aliphatic heterocycles. The molecule has 0 radical (unpaired) electrons. The van der Waals surface area contributed by atoms with Crippen molar-refractivity contribution in [3.8, 4) is 0 Å². The summed E-state index contributed by atoms with van der Waals surface area (Å²) in [4.78, 5) is 16.0. The monoisotopic (exact) mass is 269 g/mol. The van der Waals surface area contributed by atoms with Crippen LogP contribution in [0.4, 0.5) is 5.69 Å². The van der Waals surface area contributed by atoms with Gasteiger partial charge < -0.3 is 10.6 Å². The summed E-state index contributed by atoms with van der Waals surface area (Å²) in [6.07, 6.45) is 3.22. The second-order valence-corrected chi connectivity index (χ2v) is 4.59. The minimum atomic E-state index is -0.124. The van der Waals surface area contributed by atoms with Crippen molar-refractivity contribution >= 4 is 11.6 Å². The third-order valence-electron chi connectivity index (χ3n) is 3.10. The maximum Gasteiger partial charge on any atom is 0.255 e. The molecule has 0 aliphatic carbocycles. The molecule has 4 nitrogen and oxygen atoms in total. The Labute approximate surface area is 119 Å². The zero-order valence-corrected chi connectivity index (χ0v) is 11.8. The van der Waals surface area contributed by atoms with Crippen LogP contribution in [0.5, 0.6) is 0 Å². The average Bonchev–Trinajstić information content (AvgIpc) is 2.48. The molecule has 1 aromatic carbocycles. The molecule has 20 heavy (non-hydrogen) atoms. The topological polar surface area (TPSA) is 54.0 Å². The lowest BCUT2D eigenvalue weighted by Crippen LogP contribution is -2.18. The minimum absolute atomic E-state index is 0.124. The highest BCUT2D eigenvalue weighted by molar-refractivity contribution is 6.04. The number of benzene rings is 1. The molecule has 1 heterocycles. The van der Waals surface area contributed by atoms with Crippen LogP contribution in [-0.4, -0.2) is 17.4 Å². The number of pyridine rings is 1. The fraction of sp³-hybridized carbons (Fsp3) is 0.250. The van der Waals surface area contributed by atoms with Crippen LogP contribution < -0.4 is 10.6 Å². The Bertz CT molecular complexity index is 569. The third kappa shape index (κ3) is 3.65. The van der Waals surface area contributed by atoms with Crippen LogP contribution in [0.3, 0.4) is 0 Å². The third-order valence-corrected chi connectivity index (χ3v) is 3.10. The first-order valence-electron chi connectivity index (χ1n) is 6.75. The van der Waals surface area contributed by atoms with Crippen molar-refractivity contribution < 1.29 is 4.79 Å². The fourth-order valence-corrected chi connectivity index (χ4v) is 2.02. The predicted octanol–water partition coefficient (Wildman–Crippen LogP) is 3.00. The minimum Gasteiger partial charge on any atom is -0.322 e. The lowest BCUT2D eigenvalue weighted by Gasteiger charge is -2.14. The Morgan fingerprint density at radius 2 is 2.00 bits per heavy atom. The summed E-state index contributed by atoms with van der Waals surface area (Å²) in [5.74, 6) is -0.124. The van der Waals surface area contributed by atoms with E-state index in [9.17, 15) is 4.79 Å². The van der Waals surface area contributed by atoms with Crippen LogP contribution in [-0.2, 0) is 0 Å². The molecule has 0 fully saturated rings. The molecule has 0 saturated carbocycles. The number of nitrogens with zero attached hydrogens (tertiary/aromatic N) is 1. The first-order chi connectivity index (χ1) is 9.70. The maximum atomic E-state index is 12.1. The number of amides is 1. The number of hydrogen-bond acceptors (Lipinski definition) is 3. The van der Waals surface area contributed by atoms with E-state index >= 15 is 0 Å². The van der Waals surface area contributed by atoms with Crippen LogP contribution in [0, 0.1) is 0 Å². The van der Waals surface area contributed by atoms with Crippen molar-refractivity contribution in [2.24, 2.45) is 0 Å². The first kappa shape index (κ1) is 14.2. The van der Waals surface area contributed by atoms with Crippen molar-refractivity contribution in [1.82, 2.24) is 10.3 Å². The van der Waals surface area contributed by atoms with Gasteiger partial charge in [-0.1, -0.05) is 19.1 Å². The van der Waals surface area contributed by atoms with Gasteiger partial charge in [-0.2, -0.15) is 0 Å². The van der Waals surface area contributed by atoms with Crippen molar-refractivity contribution in [2.45, 2.75) is 19.9 Å². The quantitative estimate of drug-likeness (QED) is 0.877. The highest BCUT2D eigenvalue weighted by atomic mass is 16.1. The Balaban J connectivity index is 2.10. The smallest absolute Gasteiger partial charge is 0.255 e. The Morgan fingerprint density at radius 3 is 2.70 bits per heavy atom. The molecule has 1 aromatic heterocycles. The van der Waals surface area contributed by atoms with Crippen molar-refractivity contribution in [1.29, 1.82) is 0 Å². The van der Waals surface area contributed by atoms with Gasteiger partial charge in [0.05, 0.1) is 0 Å². The fourth-order valence-electron chi connectivity index (χ4n) is 2.02. The number of aromatic nitrogens is 1. The number of carbonyl (C=O) groups is 1. The Morgan fingerprint density at radius 1 is 1.25 bits per heavy atom. The number of nitrogens with one attached hydrogen (secondary N) is 2. The first-order valence-corrected chi connectivity index (χ1v) is 6.75. The summed E-state index contributed by atoms with van der Waals surface area (Å²) in [6, 6.07) is 11.5. The molecule has 4 heteroatoms. The van der Waals surface area contributed by atoms with Crippen LogP contribution in [0.25, 0.3) is 0 Å². The van der Waals surface area contributed by atoms with E-state index in [4.69, 9.17) is 0 Å². The van der Waals surface area contributed by atoms with E-state index in [1.54, 1.807) is 24.5 Å². The number of anilines is 1. The molecule has 2 N–H and O–H groups in total. The molecule has 104 valence electrons. The van der Waals surface area contributed by atoms with Crippen LogP contribution in [0.2, 0.25) is 0 Å². The van der Waals surface area contributed by atoms with Gasteiger partial charge in [-0.3, -0.25) is 9.78 Å². The van der Waals surface area contributed by atoms with Crippen molar-refractivity contribution in [3.63, 3.8) is 0 Å². The van der Waals surface area contributed by atoms with E-state index in [1.807, 2.05) is 18.2 Å². The van der Waals surface area contributed by atoms with E-state index in [-0.39, 0.29) is 11.9 Å². The number of rotatable bonds is 5. The molecular formula is C16H19N3O. The van der Waals surface area contributed by atoms with Gasteiger partial charge in [-0.15, -0.1) is 0 Å². The summed E-state index contributed by atoms with van der Waals surface area (Å²) in [5, 5.41) is 6.25. The van der Waals surface area contributed by atoms with E-state index in [0.717, 1.165) is 17.8 Å². The lowest BCUT2D eigenvalue weighted by molar-refractivity contribution is 0.102. The summed E-state index contributed by atoms with van der Waals surface area (Å²) in [6.45, 7) is 5.09. The molecule has 2 rings (SSSR count). The molecule has 0 bridgehead atoms. The van der Waals surface area contributed by atoms with Crippen molar-refractivity contribution in [2.75, 3.05) is 11.9 Å². The second kappa shape index (κ2) is 6.82. The Kier molecular flexibility index (Phi) is 4.85. The molecule has 1 amide bonds. The molecular weight excluding hydrogens is 250 g/mol. The molecule has 0 aliphatic rings. The normalized spacial score (nSPS) is 11.9. The van der Waals surface area contributed by atoms with Gasteiger partial charge in [0.1, 0.15) is 0 Å². The van der Waals surface area contributed by atoms with E-state index in [0.29, 0.717) is 5.56 Å². The van der Waals surface area contributed by atoms with Gasteiger partial charge in [0.2, 0.25) is 0 Å². The SMILES string of the molecule is CCNC(C)c1cccc(NC(=O)c2ccncc2)c1. The van der Waals surface area contributed by atoms with Gasteiger partial charge in [-0.05, 0) is 43.3 Å². The predicted molar refractivity (Wildman–Crippen MR) is 80.7 cm³/mol. The molecule has 1 unspecified atom stereocenters. The zero-order valence-electron chi connectivity index (χ0n) is 11.8. The zero-order chi connectivity index (χ0) is 14.4. The van der Waals surface area contributed by atoms with E-state index in [1.165, 1.54) is 0 Å². The lowest BCUT2D eigenvalue weighted by atomic mass is 10.1. The van der Waals surface area contributed by atoms with Gasteiger partial charge >= 0.3 is 0 Å².